The predicted octanol–water partition coefficient (Wildman–Crippen LogP) is 8.66. The van der Waals surface area contributed by atoms with E-state index in [0.717, 1.165) is 12.8 Å². The van der Waals surface area contributed by atoms with Crippen LogP contribution in [-0.4, -0.2) is 52.3 Å². The number of hydrogen-bond acceptors (Lipinski definition) is 6. The number of aromatic nitrogens is 3. The Hall–Kier alpha value is -4.45. The minimum Gasteiger partial charge on any atom is -0.446 e. The summed E-state index contributed by atoms with van der Waals surface area (Å²) in [5.41, 5.74) is 7.19. The van der Waals surface area contributed by atoms with E-state index in [9.17, 15) is 18.0 Å². The van der Waals surface area contributed by atoms with Gasteiger partial charge in [-0.2, -0.15) is 17.6 Å². The number of hydrogen-bond donors (Lipinski definition) is 1. The maximum Gasteiger partial charge on any atom is 0.404 e. The summed E-state index contributed by atoms with van der Waals surface area (Å²) in [5, 5.41) is 4.33. The number of nitrogens with two attached hydrogens (primary N) is 1. The van der Waals surface area contributed by atoms with E-state index in [4.69, 9.17) is 20.2 Å². The second kappa shape index (κ2) is 13.8. The molecule has 8 nitrogen and oxygen atoms in total. The van der Waals surface area contributed by atoms with Crippen molar-refractivity contribution in [1.29, 1.82) is 0 Å². The van der Waals surface area contributed by atoms with Gasteiger partial charge in [-0.1, -0.05) is 57.2 Å². The summed E-state index contributed by atoms with van der Waals surface area (Å²) in [6.45, 7) is 7.37. The zero-order valence-corrected chi connectivity index (χ0v) is 27.8. The number of carbonyl (C=O) groups is 1. The Morgan fingerprint density at radius 2 is 1.76 bits per heavy atom. The lowest BCUT2D eigenvalue weighted by atomic mass is 9.79. The minimum atomic E-state index is -4.53. The molecule has 4 heterocycles. The standard InChI is InChI=1S/C37H41F4N5O3/c1-36(2,3)30-20-26(49-35(42)47)16-17-45(30)31-15-13-25(22-43-31)33(28(21-37(39,40)41)23-9-5-4-6-10-23)24-12-14-29-27(19-24)34(38)44-46(29)32-11-7-8-18-48-32/h4-6,9-10,12-15,19,22,26,30,32H,7-8,11,16-18,20-21H2,1-3H3,(H2,42,47). The molecule has 2 aromatic heterocycles. The molecule has 3 atom stereocenters. The Morgan fingerprint density at radius 1 is 1.00 bits per heavy atom. The van der Waals surface area contributed by atoms with Crippen LogP contribution in [0.1, 0.15) is 82.2 Å². The number of rotatable bonds is 7. The highest BCUT2D eigenvalue weighted by molar-refractivity contribution is 6.00. The normalized spacial score (nSPS) is 21.0. The molecule has 12 heteroatoms. The number of anilines is 1. The smallest absolute Gasteiger partial charge is 0.404 e. The van der Waals surface area contributed by atoms with Gasteiger partial charge in [0.05, 0.1) is 17.3 Å². The SMILES string of the molecule is CC(C)(C)C1CC(OC(N)=O)CCN1c1ccc(C(=C(CC(F)(F)F)c2ccccc2)c2ccc3c(c2)c(F)nn3C2CCCCO2)cn1. The van der Waals surface area contributed by atoms with Crippen LogP contribution in [0.25, 0.3) is 22.0 Å². The van der Waals surface area contributed by atoms with Gasteiger partial charge in [-0.3, -0.25) is 0 Å². The molecule has 2 saturated heterocycles. The molecule has 260 valence electrons. The molecule has 1 amide bonds. The summed E-state index contributed by atoms with van der Waals surface area (Å²) in [4.78, 5) is 18.4. The fourth-order valence-corrected chi connectivity index (χ4v) is 7.09. The average Bonchev–Trinajstić information content (AvgIpc) is 3.40. The Morgan fingerprint density at radius 3 is 2.39 bits per heavy atom. The molecule has 3 unspecified atom stereocenters. The lowest BCUT2D eigenvalue weighted by Crippen LogP contribution is -2.52. The van der Waals surface area contributed by atoms with Crippen LogP contribution >= 0.6 is 0 Å². The van der Waals surface area contributed by atoms with Crippen LogP contribution in [0, 0.1) is 11.4 Å². The van der Waals surface area contributed by atoms with Gasteiger partial charge in [-0.25, -0.2) is 14.5 Å². The molecule has 0 saturated carbocycles. The number of fused-ring (bicyclic) bond motifs is 1. The highest BCUT2D eigenvalue weighted by Crippen LogP contribution is 2.42. The largest absolute Gasteiger partial charge is 0.446 e. The molecule has 2 N–H and O–H groups in total. The van der Waals surface area contributed by atoms with Crippen molar-refractivity contribution < 1.29 is 31.8 Å². The minimum absolute atomic E-state index is 0.0439. The molecule has 2 aliphatic rings. The van der Waals surface area contributed by atoms with Gasteiger partial charge in [0.2, 0.25) is 5.95 Å². The van der Waals surface area contributed by atoms with Crippen molar-refractivity contribution >= 4 is 34.0 Å². The summed E-state index contributed by atoms with van der Waals surface area (Å²) >= 11 is 0. The first-order chi connectivity index (χ1) is 23.3. The topological polar surface area (TPSA) is 95.5 Å². The van der Waals surface area contributed by atoms with Crippen molar-refractivity contribution in [2.75, 3.05) is 18.1 Å². The number of primary amides is 1. The highest BCUT2D eigenvalue weighted by atomic mass is 19.4. The van der Waals surface area contributed by atoms with Crippen LogP contribution in [0.5, 0.6) is 0 Å². The van der Waals surface area contributed by atoms with Gasteiger partial charge in [0.25, 0.3) is 0 Å². The zero-order valence-electron chi connectivity index (χ0n) is 27.8. The molecule has 2 fully saturated rings. The number of allylic oxidation sites excluding steroid dienone is 1. The zero-order chi connectivity index (χ0) is 34.9. The van der Waals surface area contributed by atoms with Gasteiger partial charge >= 0.3 is 12.3 Å². The third-order valence-corrected chi connectivity index (χ3v) is 9.35. The Kier molecular flexibility index (Phi) is 9.70. The number of halogens is 4. The van der Waals surface area contributed by atoms with Gasteiger partial charge in [0.1, 0.15) is 11.9 Å². The lowest BCUT2D eigenvalue weighted by Gasteiger charge is -2.46. The fraction of sp³-hybridized carbons (Fsp3) is 0.432. The van der Waals surface area contributed by atoms with Crippen molar-refractivity contribution in [1.82, 2.24) is 14.8 Å². The molecule has 2 aliphatic heterocycles. The maximum absolute atomic E-state index is 15.5. The first-order valence-corrected chi connectivity index (χ1v) is 16.6. The lowest BCUT2D eigenvalue weighted by molar-refractivity contribution is -0.122. The summed E-state index contributed by atoms with van der Waals surface area (Å²) < 4.78 is 71.1. The highest BCUT2D eigenvalue weighted by Gasteiger charge is 2.38. The van der Waals surface area contributed by atoms with E-state index in [1.54, 1.807) is 66.9 Å². The Labute approximate surface area is 282 Å². The second-order valence-corrected chi connectivity index (χ2v) is 13.9. The number of alkyl halides is 3. The van der Waals surface area contributed by atoms with Crippen molar-refractivity contribution in [2.45, 2.75) is 83.8 Å². The summed E-state index contributed by atoms with van der Waals surface area (Å²) in [5.74, 6) is -0.0687. The van der Waals surface area contributed by atoms with E-state index >= 15 is 4.39 Å². The van der Waals surface area contributed by atoms with Crippen LogP contribution in [-0.2, 0) is 9.47 Å². The molecular weight excluding hydrogens is 638 g/mol. The molecule has 6 rings (SSSR count). The van der Waals surface area contributed by atoms with Crippen molar-refractivity contribution in [3.05, 3.63) is 89.5 Å². The van der Waals surface area contributed by atoms with Crippen molar-refractivity contribution in [3.63, 3.8) is 0 Å². The van der Waals surface area contributed by atoms with E-state index in [1.807, 2.05) is 0 Å². The first-order valence-electron chi connectivity index (χ1n) is 16.6. The number of amides is 1. The average molecular weight is 680 g/mol. The van der Waals surface area contributed by atoms with E-state index < -0.39 is 30.9 Å². The number of carbonyl (C=O) groups excluding carboxylic acids is 1. The Bertz CT molecular complexity index is 1810. The van der Waals surface area contributed by atoms with Crippen molar-refractivity contribution in [3.8, 4) is 0 Å². The summed E-state index contributed by atoms with van der Waals surface area (Å²) in [6.07, 6.45) is -2.06. The van der Waals surface area contributed by atoms with E-state index in [1.165, 1.54) is 4.68 Å². The summed E-state index contributed by atoms with van der Waals surface area (Å²) in [7, 11) is 0. The van der Waals surface area contributed by atoms with Gasteiger partial charge < -0.3 is 20.1 Å². The quantitative estimate of drug-likeness (QED) is 0.155. The molecule has 0 bridgehead atoms. The maximum atomic E-state index is 15.5. The van der Waals surface area contributed by atoms with E-state index in [-0.39, 0.29) is 28.5 Å². The van der Waals surface area contributed by atoms with Crippen LogP contribution in [0.2, 0.25) is 0 Å². The van der Waals surface area contributed by atoms with Crippen LogP contribution in [0.4, 0.5) is 28.2 Å². The van der Waals surface area contributed by atoms with Crippen LogP contribution in [0.3, 0.4) is 0 Å². The van der Waals surface area contributed by atoms with Gasteiger partial charge in [0, 0.05) is 43.8 Å². The molecule has 0 radical (unpaired) electrons. The van der Waals surface area contributed by atoms with Crippen molar-refractivity contribution in [2.24, 2.45) is 11.1 Å². The third-order valence-electron chi connectivity index (χ3n) is 9.35. The van der Waals surface area contributed by atoms with Gasteiger partial charge in [0.15, 0.2) is 6.23 Å². The van der Waals surface area contributed by atoms with Crippen LogP contribution in [0.15, 0.2) is 66.9 Å². The van der Waals surface area contributed by atoms with Gasteiger partial charge in [-0.05, 0) is 71.2 Å². The Balaban J connectivity index is 1.46. The van der Waals surface area contributed by atoms with Gasteiger partial charge in [-0.15, -0.1) is 5.10 Å². The molecular formula is C37H41F4N5O3. The summed E-state index contributed by atoms with van der Waals surface area (Å²) in [6, 6.07) is 16.9. The number of pyridine rings is 1. The second-order valence-electron chi connectivity index (χ2n) is 13.9. The molecule has 0 spiro atoms. The fourth-order valence-electron chi connectivity index (χ4n) is 7.09. The molecule has 2 aromatic carbocycles. The molecule has 0 aliphatic carbocycles. The molecule has 4 aromatic rings. The number of benzene rings is 2. The van der Waals surface area contributed by atoms with E-state index in [0.29, 0.717) is 66.0 Å². The van der Waals surface area contributed by atoms with Crippen LogP contribution < -0.4 is 10.6 Å². The molecule has 49 heavy (non-hydrogen) atoms. The number of ether oxygens (including phenoxy) is 2. The number of nitrogens with zero attached hydrogens (tertiary/aromatic N) is 4. The third kappa shape index (κ3) is 7.74. The van der Waals surface area contributed by atoms with E-state index in [2.05, 4.69) is 30.8 Å². The number of piperidine rings is 1. The first kappa shape index (κ1) is 34.4. The predicted molar refractivity (Wildman–Crippen MR) is 180 cm³/mol. The monoisotopic (exact) mass is 679 g/mol.